The Bertz CT molecular complexity index is 296. The van der Waals surface area contributed by atoms with Crippen molar-refractivity contribution < 1.29 is 9.90 Å². The van der Waals surface area contributed by atoms with Gasteiger partial charge in [-0.05, 0) is 16.6 Å². The molecule has 5 heteroatoms. The van der Waals surface area contributed by atoms with Crippen LogP contribution >= 0.6 is 0 Å². The SMILES string of the molecule is CC(C)[Si](C(C)C)(C(C)C)N1C(=O)C(N)C1CO. The number of aliphatic hydroxyl groups excluding tert-OH is 1. The average molecular weight is 272 g/mol. The lowest BCUT2D eigenvalue weighted by Gasteiger charge is -2.60. The number of nitrogens with two attached hydrogens (primary N) is 1. The van der Waals surface area contributed by atoms with Gasteiger partial charge in [-0.15, -0.1) is 0 Å². The van der Waals surface area contributed by atoms with Crippen LogP contribution in [0.4, 0.5) is 0 Å². The first-order valence-corrected chi connectivity index (χ1v) is 9.10. The molecule has 1 aliphatic rings. The molecule has 3 N–H and O–H groups in total. The van der Waals surface area contributed by atoms with Crippen molar-refractivity contribution in [1.29, 1.82) is 0 Å². The Morgan fingerprint density at radius 2 is 1.56 bits per heavy atom. The quantitative estimate of drug-likeness (QED) is 0.591. The van der Waals surface area contributed by atoms with Crippen LogP contribution in [0.1, 0.15) is 41.5 Å². The van der Waals surface area contributed by atoms with Crippen molar-refractivity contribution in [3.8, 4) is 0 Å². The summed E-state index contributed by atoms with van der Waals surface area (Å²) in [6.07, 6.45) is 0. The number of hydrogen-bond donors (Lipinski definition) is 2. The molecule has 0 aromatic rings. The van der Waals surface area contributed by atoms with Gasteiger partial charge < -0.3 is 15.4 Å². The minimum Gasteiger partial charge on any atom is -0.394 e. The molecule has 0 saturated carbocycles. The third kappa shape index (κ3) is 1.92. The van der Waals surface area contributed by atoms with Crippen molar-refractivity contribution in [1.82, 2.24) is 4.57 Å². The van der Waals surface area contributed by atoms with Gasteiger partial charge in [0.25, 0.3) is 0 Å². The number of carbonyl (C=O) groups is 1. The number of β-lactam (4-membered cyclic amide) rings is 1. The summed E-state index contributed by atoms with van der Waals surface area (Å²) in [6, 6.07) is -0.672. The second-order valence-electron chi connectivity index (χ2n) is 6.34. The van der Waals surface area contributed by atoms with Crippen LogP contribution in [0.5, 0.6) is 0 Å². The molecule has 1 aliphatic heterocycles. The summed E-state index contributed by atoms with van der Waals surface area (Å²) in [7, 11) is -1.99. The van der Waals surface area contributed by atoms with Crippen LogP contribution in [0.25, 0.3) is 0 Å². The lowest BCUT2D eigenvalue weighted by Crippen LogP contribution is -2.80. The van der Waals surface area contributed by atoms with E-state index in [1.807, 2.05) is 4.57 Å². The topological polar surface area (TPSA) is 66.6 Å². The molecule has 2 unspecified atom stereocenters. The van der Waals surface area contributed by atoms with Gasteiger partial charge >= 0.3 is 0 Å². The molecular formula is C13H28N2O2Si. The van der Waals surface area contributed by atoms with E-state index in [9.17, 15) is 9.90 Å². The summed E-state index contributed by atoms with van der Waals surface area (Å²) < 4.78 is 2.00. The zero-order valence-corrected chi connectivity index (χ0v) is 13.5. The molecule has 106 valence electrons. The molecular weight excluding hydrogens is 244 g/mol. The van der Waals surface area contributed by atoms with Gasteiger partial charge in [-0.2, -0.15) is 0 Å². The Morgan fingerprint density at radius 3 is 1.83 bits per heavy atom. The predicted octanol–water partition coefficient (Wildman–Crippen LogP) is 1.69. The minimum absolute atomic E-state index is 0.0200. The first kappa shape index (κ1) is 15.7. The Labute approximate surface area is 112 Å². The Hall–Kier alpha value is -0.393. The maximum absolute atomic E-state index is 12.2. The largest absolute Gasteiger partial charge is 0.394 e. The highest BCUT2D eigenvalue weighted by molar-refractivity contribution is 6.83. The molecule has 0 bridgehead atoms. The van der Waals surface area contributed by atoms with Crippen molar-refractivity contribution in [2.45, 2.75) is 70.2 Å². The van der Waals surface area contributed by atoms with Gasteiger partial charge in [0.1, 0.15) is 6.04 Å². The van der Waals surface area contributed by atoms with Crippen molar-refractivity contribution in [3.63, 3.8) is 0 Å². The summed E-state index contributed by atoms with van der Waals surface area (Å²) in [5.74, 6) is 0.0387. The number of nitrogens with zero attached hydrogens (tertiary/aromatic N) is 1. The van der Waals surface area contributed by atoms with Crippen molar-refractivity contribution in [3.05, 3.63) is 0 Å². The molecule has 18 heavy (non-hydrogen) atoms. The number of rotatable bonds is 5. The predicted molar refractivity (Wildman–Crippen MR) is 76.7 cm³/mol. The lowest BCUT2D eigenvalue weighted by molar-refractivity contribution is -0.143. The van der Waals surface area contributed by atoms with E-state index in [-0.39, 0.29) is 18.6 Å². The van der Waals surface area contributed by atoms with E-state index in [4.69, 9.17) is 5.73 Å². The maximum atomic E-state index is 12.2. The van der Waals surface area contributed by atoms with Crippen LogP contribution in [-0.4, -0.2) is 42.5 Å². The van der Waals surface area contributed by atoms with E-state index in [1.165, 1.54) is 0 Å². The second kappa shape index (κ2) is 5.31. The highest BCUT2D eigenvalue weighted by Gasteiger charge is 2.59. The van der Waals surface area contributed by atoms with E-state index in [0.29, 0.717) is 16.6 Å². The van der Waals surface area contributed by atoms with Crippen LogP contribution in [0.15, 0.2) is 0 Å². The summed E-state index contributed by atoms with van der Waals surface area (Å²) in [5, 5.41) is 9.50. The maximum Gasteiger partial charge on any atom is 0.234 e. The highest BCUT2D eigenvalue weighted by atomic mass is 28.3. The first-order valence-electron chi connectivity index (χ1n) is 6.92. The Balaban J connectivity index is 3.23. The molecule has 1 rings (SSSR count). The zero-order valence-electron chi connectivity index (χ0n) is 12.5. The van der Waals surface area contributed by atoms with E-state index in [0.717, 1.165) is 0 Å². The molecule has 0 aromatic heterocycles. The standard InChI is InChI=1S/C13H28N2O2Si/c1-8(2)18(9(3)4,10(5)6)15-11(7-16)12(14)13(15)17/h8-12,16H,7,14H2,1-6H3. The Morgan fingerprint density at radius 1 is 1.17 bits per heavy atom. The molecule has 1 heterocycles. The fraction of sp³-hybridized carbons (Fsp3) is 0.923. The van der Waals surface area contributed by atoms with Gasteiger partial charge in [0.2, 0.25) is 5.91 Å². The Kier molecular flexibility index (Phi) is 4.62. The average Bonchev–Trinajstić information content (AvgIpc) is 2.26. The summed E-state index contributed by atoms with van der Waals surface area (Å²) >= 11 is 0. The van der Waals surface area contributed by atoms with Crippen molar-refractivity contribution in [2.24, 2.45) is 5.73 Å². The number of amides is 1. The van der Waals surface area contributed by atoms with E-state index >= 15 is 0 Å². The van der Waals surface area contributed by atoms with E-state index in [2.05, 4.69) is 41.5 Å². The van der Waals surface area contributed by atoms with Gasteiger partial charge in [-0.1, -0.05) is 41.5 Å². The van der Waals surface area contributed by atoms with Crippen LogP contribution in [0.3, 0.4) is 0 Å². The van der Waals surface area contributed by atoms with Crippen molar-refractivity contribution in [2.75, 3.05) is 6.61 Å². The minimum atomic E-state index is -1.99. The molecule has 2 atom stereocenters. The molecule has 0 aliphatic carbocycles. The van der Waals surface area contributed by atoms with Gasteiger partial charge in [0.15, 0.2) is 8.24 Å². The lowest BCUT2D eigenvalue weighted by atomic mass is 10.0. The van der Waals surface area contributed by atoms with Crippen LogP contribution in [0.2, 0.25) is 16.6 Å². The first-order chi connectivity index (χ1) is 8.22. The van der Waals surface area contributed by atoms with E-state index in [1.54, 1.807) is 0 Å². The fourth-order valence-corrected chi connectivity index (χ4v) is 11.1. The fourth-order valence-electron chi connectivity index (χ4n) is 4.07. The van der Waals surface area contributed by atoms with Crippen LogP contribution in [-0.2, 0) is 4.79 Å². The number of carbonyl (C=O) groups excluding carboxylic acids is 1. The molecule has 4 nitrogen and oxygen atoms in total. The number of aliphatic hydroxyl groups is 1. The molecule has 1 fully saturated rings. The summed E-state index contributed by atoms with van der Waals surface area (Å²) in [5.41, 5.74) is 7.22. The van der Waals surface area contributed by atoms with Crippen molar-refractivity contribution >= 4 is 14.1 Å². The van der Waals surface area contributed by atoms with Gasteiger partial charge in [0.05, 0.1) is 12.6 Å². The van der Waals surface area contributed by atoms with Gasteiger partial charge in [-0.3, -0.25) is 4.79 Å². The molecule has 1 amide bonds. The third-order valence-corrected chi connectivity index (χ3v) is 11.6. The third-order valence-electron chi connectivity index (χ3n) is 4.65. The summed E-state index contributed by atoms with van der Waals surface area (Å²) in [4.78, 5) is 12.2. The normalized spacial score (nSPS) is 25.3. The van der Waals surface area contributed by atoms with Crippen LogP contribution < -0.4 is 5.73 Å². The summed E-state index contributed by atoms with van der Waals surface area (Å²) in [6.45, 7) is 13.2. The smallest absolute Gasteiger partial charge is 0.234 e. The monoisotopic (exact) mass is 272 g/mol. The second-order valence-corrected chi connectivity index (χ2v) is 12.1. The van der Waals surface area contributed by atoms with Gasteiger partial charge in [-0.25, -0.2) is 0 Å². The molecule has 1 saturated heterocycles. The molecule has 0 radical (unpaired) electrons. The van der Waals surface area contributed by atoms with E-state index < -0.39 is 14.3 Å². The van der Waals surface area contributed by atoms with Crippen LogP contribution in [0, 0.1) is 0 Å². The zero-order chi connectivity index (χ0) is 14.2. The van der Waals surface area contributed by atoms with Gasteiger partial charge in [0, 0.05) is 0 Å². The highest BCUT2D eigenvalue weighted by Crippen LogP contribution is 2.47. The number of hydrogen-bond acceptors (Lipinski definition) is 3. The molecule has 0 aromatic carbocycles. The molecule has 0 spiro atoms.